The Morgan fingerprint density at radius 3 is 2.39 bits per heavy atom. The summed E-state index contributed by atoms with van der Waals surface area (Å²) in [4.78, 5) is 14.5. The summed E-state index contributed by atoms with van der Waals surface area (Å²) in [5.74, 6) is 1.06. The van der Waals surface area contributed by atoms with Gasteiger partial charge in [0.1, 0.15) is 0 Å². The minimum absolute atomic E-state index is 0.0743. The van der Waals surface area contributed by atoms with Crippen molar-refractivity contribution in [2.24, 2.45) is 0 Å². The Bertz CT molecular complexity index is 668. The fourth-order valence-electron chi connectivity index (χ4n) is 2.33. The normalized spacial score (nSPS) is 10.0. The lowest BCUT2D eigenvalue weighted by molar-refractivity contribution is 0.0762. The van der Waals surface area contributed by atoms with E-state index < -0.39 is 0 Å². The maximum atomic E-state index is 12.8. The van der Waals surface area contributed by atoms with Crippen LogP contribution in [0.3, 0.4) is 0 Å². The standard InChI is InChI=1S/C19H21NO3/c1-4-12-20(14-15-8-6-5-7-9-15)19(21)16-10-11-17(22-2)18(13-16)23-3/h4-11,13H,1,12,14H2,2-3H3. The Morgan fingerprint density at radius 2 is 1.78 bits per heavy atom. The molecule has 0 aromatic heterocycles. The molecule has 0 aliphatic carbocycles. The van der Waals surface area contributed by atoms with E-state index in [1.54, 1.807) is 43.4 Å². The summed E-state index contributed by atoms with van der Waals surface area (Å²) in [7, 11) is 3.12. The molecule has 1 amide bonds. The molecule has 0 bridgehead atoms. The molecule has 0 radical (unpaired) electrons. The van der Waals surface area contributed by atoms with Gasteiger partial charge in [0.15, 0.2) is 11.5 Å². The maximum absolute atomic E-state index is 12.8. The maximum Gasteiger partial charge on any atom is 0.254 e. The molecule has 23 heavy (non-hydrogen) atoms. The van der Waals surface area contributed by atoms with E-state index >= 15 is 0 Å². The number of hydrogen-bond acceptors (Lipinski definition) is 3. The lowest BCUT2D eigenvalue weighted by Gasteiger charge is -2.22. The molecule has 0 saturated carbocycles. The first-order valence-corrected chi connectivity index (χ1v) is 7.35. The molecule has 0 spiro atoms. The summed E-state index contributed by atoms with van der Waals surface area (Å²) >= 11 is 0. The summed E-state index contributed by atoms with van der Waals surface area (Å²) in [6.07, 6.45) is 1.72. The number of carbonyl (C=O) groups excluding carboxylic acids is 1. The molecule has 0 heterocycles. The molecule has 2 aromatic carbocycles. The third-order valence-corrected chi connectivity index (χ3v) is 3.48. The van der Waals surface area contributed by atoms with Crippen LogP contribution in [-0.4, -0.2) is 31.6 Å². The summed E-state index contributed by atoms with van der Waals surface area (Å²) in [5.41, 5.74) is 1.63. The largest absolute Gasteiger partial charge is 0.493 e. The van der Waals surface area contributed by atoms with Crippen LogP contribution in [0.5, 0.6) is 11.5 Å². The van der Waals surface area contributed by atoms with Crippen molar-refractivity contribution in [3.05, 3.63) is 72.3 Å². The fourth-order valence-corrected chi connectivity index (χ4v) is 2.33. The lowest BCUT2D eigenvalue weighted by atomic mass is 10.1. The van der Waals surface area contributed by atoms with Gasteiger partial charge < -0.3 is 14.4 Å². The Balaban J connectivity index is 2.25. The second kappa shape index (κ2) is 8.03. The molecule has 4 nitrogen and oxygen atoms in total. The van der Waals surface area contributed by atoms with Crippen molar-refractivity contribution < 1.29 is 14.3 Å². The highest BCUT2D eigenvalue weighted by Gasteiger charge is 2.17. The lowest BCUT2D eigenvalue weighted by Crippen LogP contribution is -2.30. The number of carbonyl (C=O) groups is 1. The van der Waals surface area contributed by atoms with Gasteiger partial charge in [-0.05, 0) is 23.8 Å². The molecule has 2 aromatic rings. The molecule has 0 fully saturated rings. The van der Waals surface area contributed by atoms with Crippen molar-refractivity contribution in [1.29, 1.82) is 0 Å². The van der Waals surface area contributed by atoms with Crippen LogP contribution in [0.1, 0.15) is 15.9 Å². The van der Waals surface area contributed by atoms with E-state index in [4.69, 9.17) is 9.47 Å². The van der Waals surface area contributed by atoms with Crippen LogP contribution >= 0.6 is 0 Å². The number of nitrogens with zero attached hydrogens (tertiary/aromatic N) is 1. The smallest absolute Gasteiger partial charge is 0.254 e. The van der Waals surface area contributed by atoms with Gasteiger partial charge >= 0.3 is 0 Å². The Labute approximate surface area is 137 Å². The molecule has 4 heteroatoms. The van der Waals surface area contributed by atoms with Crippen LogP contribution in [-0.2, 0) is 6.54 Å². The summed E-state index contributed by atoms with van der Waals surface area (Å²) in [6.45, 7) is 4.74. The number of hydrogen-bond donors (Lipinski definition) is 0. The quantitative estimate of drug-likeness (QED) is 0.734. The van der Waals surface area contributed by atoms with Gasteiger partial charge in [0.25, 0.3) is 5.91 Å². The highest BCUT2D eigenvalue weighted by Crippen LogP contribution is 2.28. The van der Waals surface area contributed by atoms with Gasteiger partial charge in [-0.2, -0.15) is 0 Å². The number of amides is 1. The number of ether oxygens (including phenoxy) is 2. The minimum atomic E-state index is -0.0743. The first kappa shape index (κ1) is 16.6. The summed E-state index contributed by atoms with van der Waals surface area (Å²) in [5, 5.41) is 0. The van der Waals surface area contributed by atoms with Gasteiger partial charge in [-0.1, -0.05) is 36.4 Å². The van der Waals surface area contributed by atoms with Gasteiger partial charge in [-0.15, -0.1) is 6.58 Å². The van der Waals surface area contributed by atoms with Gasteiger partial charge in [0, 0.05) is 18.7 Å². The fraction of sp³-hybridized carbons (Fsp3) is 0.211. The van der Waals surface area contributed by atoms with Crippen LogP contribution in [0, 0.1) is 0 Å². The minimum Gasteiger partial charge on any atom is -0.493 e. The average molecular weight is 311 g/mol. The highest BCUT2D eigenvalue weighted by molar-refractivity contribution is 5.95. The van der Waals surface area contributed by atoms with E-state index in [0.717, 1.165) is 5.56 Å². The van der Waals surface area contributed by atoms with E-state index in [9.17, 15) is 4.79 Å². The summed E-state index contributed by atoms with van der Waals surface area (Å²) < 4.78 is 10.5. The van der Waals surface area contributed by atoms with E-state index in [1.807, 2.05) is 30.3 Å². The third-order valence-electron chi connectivity index (χ3n) is 3.48. The Morgan fingerprint density at radius 1 is 1.09 bits per heavy atom. The van der Waals surface area contributed by atoms with Crippen LogP contribution in [0.15, 0.2) is 61.2 Å². The summed E-state index contributed by atoms with van der Waals surface area (Å²) in [6, 6.07) is 15.0. The highest BCUT2D eigenvalue weighted by atomic mass is 16.5. The van der Waals surface area contributed by atoms with E-state index in [2.05, 4.69) is 6.58 Å². The van der Waals surface area contributed by atoms with E-state index in [0.29, 0.717) is 30.2 Å². The van der Waals surface area contributed by atoms with Crippen molar-refractivity contribution in [3.63, 3.8) is 0 Å². The predicted octanol–water partition coefficient (Wildman–Crippen LogP) is 3.53. The molecule has 0 atom stereocenters. The molecule has 0 unspecified atom stereocenters. The van der Waals surface area contributed by atoms with Gasteiger partial charge in [-0.25, -0.2) is 0 Å². The van der Waals surface area contributed by atoms with Crippen molar-refractivity contribution >= 4 is 5.91 Å². The average Bonchev–Trinajstić information content (AvgIpc) is 2.61. The van der Waals surface area contributed by atoms with Crippen LogP contribution in [0.25, 0.3) is 0 Å². The topological polar surface area (TPSA) is 38.8 Å². The molecule has 0 N–H and O–H groups in total. The molecule has 120 valence electrons. The second-order valence-corrected chi connectivity index (χ2v) is 5.03. The van der Waals surface area contributed by atoms with Crippen LogP contribution < -0.4 is 9.47 Å². The van der Waals surface area contributed by atoms with Gasteiger partial charge in [0.05, 0.1) is 14.2 Å². The van der Waals surface area contributed by atoms with E-state index in [-0.39, 0.29) is 5.91 Å². The van der Waals surface area contributed by atoms with Crippen molar-refractivity contribution in [2.45, 2.75) is 6.54 Å². The van der Waals surface area contributed by atoms with E-state index in [1.165, 1.54) is 0 Å². The molecule has 0 aliphatic heterocycles. The number of rotatable bonds is 7. The zero-order valence-corrected chi connectivity index (χ0v) is 13.5. The van der Waals surface area contributed by atoms with Crippen LogP contribution in [0.2, 0.25) is 0 Å². The molecular formula is C19H21NO3. The number of methoxy groups -OCH3 is 2. The molecular weight excluding hydrogens is 290 g/mol. The first-order valence-electron chi connectivity index (χ1n) is 7.35. The van der Waals surface area contributed by atoms with Crippen molar-refractivity contribution in [3.8, 4) is 11.5 Å². The zero-order valence-electron chi connectivity index (χ0n) is 13.5. The van der Waals surface area contributed by atoms with Crippen molar-refractivity contribution in [2.75, 3.05) is 20.8 Å². The molecule has 0 aliphatic rings. The number of benzene rings is 2. The second-order valence-electron chi connectivity index (χ2n) is 5.03. The monoisotopic (exact) mass is 311 g/mol. The Hall–Kier alpha value is -2.75. The van der Waals surface area contributed by atoms with Gasteiger partial charge in [-0.3, -0.25) is 4.79 Å². The Kier molecular flexibility index (Phi) is 5.80. The SMILES string of the molecule is C=CCN(Cc1ccccc1)C(=O)c1ccc(OC)c(OC)c1. The first-order chi connectivity index (χ1) is 11.2. The third kappa shape index (κ3) is 4.13. The zero-order chi connectivity index (χ0) is 16.7. The predicted molar refractivity (Wildman–Crippen MR) is 90.9 cm³/mol. The van der Waals surface area contributed by atoms with Crippen LogP contribution in [0.4, 0.5) is 0 Å². The molecule has 2 rings (SSSR count). The van der Waals surface area contributed by atoms with Gasteiger partial charge in [0.2, 0.25) is 0 Å². The molecule has 0 saturated heterocycles. The van der Waals surface area contributed by atoms with Crippen molar-refractivity contribution in [1.82, 2.24) is 4.90 Å².